The highest BCUT2D eigenvalue weighted by molar-refractivity contribution is 5.58. The van der Waals surface area contributed by atoms with E-state index in [1.807, 2.05) is 31.4 Å². The molecule has 0 aliphatic carbocycles. The van der Waals surface area contributed by atoms with Crippen molar-refractivity contribution in [3.05, 3.63) is 60.3 Å². The minimum absolute atomic E-state index is 0.130. The van der Waals surface area contributed by atoms with Gasteiger partial charge in [-0.2, -0.15) is 5.10 Å². The van der Waals surface area contributed by atoms with Crippen LogP contribution >= 0.6 is 0 Å². The maximum Gasteiger partial charge on any atom is 0.225 e. The Morgan fingerprint density at radius 3 is 2.88 bits per heavy atom. The van der Waals surface area contributed by atoms with Crippen molar-refractivity contribution in [3.8, 4) is 11.3 Å². The molecule has 122 valence electrons. The van der Waals surface area contributed by atoms with Crippen LogP contribution in [0.3, 0.4) is 0 Å². The summed E-state index contributed by atoms with van der Waals surface area (Å²) in [4.78, 5) is 11.2. The zero-order valence-corrected chi connectivity index (χ0v) is 13.4. The number of anilines is 1. The largest absolute Gasteiger partial charge is 0.340 e. The summed E-state index contributed by atoms with van der Waals surface area (Å²) in [6.45, 7) is 1.56. The summed E-state index contributed by atoms with van der Waals surface area (Å²) in [6, 6.07) is 8.89. The smallest absolute Gasteiger partial charge is 0.225 e. The summed E-state index contributed by atoms with van der Waals surface area (Å²) in [5.41, 5.74) is 2.59. The minimum atomic E-state index is -0.130. The molecule has 0 spiro atoms. The predicted molar refractivity (Wildman–Crippen MR) is 90.2 cm³/mol. The molecule has 1 fully saturated rings. The average Bonchev–Trinajstić information content (AvgIpc) is 3.25. The molecule has 1 atom stereocenters. The first-order valence-electron chi connectivity index (χ1n) is 8.02. The molecule has 24 heavy (non-hydrogen) atoms. The SMILES string of the molecule is Cn1cc(-c2ccnc(N3CC[C@@H](c4ccccc4F)C3)n2)cn1. The first-order valence-corrected chi connectivity index (χ1v) is 8.02. The third-order valence-corrected chi connectivity index (χ3v) is 4.46. The van der Waals surface area contributed by atoms with Gasteiger partial charge < -0.3 is 4.90 Å². The van der Waals surface area contributed by atoms with Crippen LogP contribution in [0.1, 0.15) is 17.9 Å². The molecule has 5 nitrogen and oxygen atoms in total. The number of hydrogen-bond acceptors (Lipinski definition) is 4. The van der Waals surface area contributed by atoms with Gasteiger partial charge in [-0.05, 0) is 24.1 Å². The molecule has 3 aromatic rings. The first kappa shape index (κ1) is 14.8. The van der Waals surface area contributed by atoms with E-state index in [-0.39, 0.29) is 11.7 Å². The monoisotopic (exact) mass is 323 g/mol. The van der Waals surface area contributed by atoms with Gasteiger partial charge >= 0.3 is 0 Å². The molecule has 6 heteroatoms. The maximum absolute atomic E-state index is 14.0. The van der Waals surface area contributed by atoms with Gasteiger partial charge in [0.15, 0.2) is 0 Å². The first-order chi connectivity index (χ1) is 11.7. The number of halogens is 1. The lowest BCUT2D eigenvalue weighted by atomic mass is 9.98. The van der Waals surface area contributed by atoms with E-state index in [4.69, 9.17) is 0 Å². The lowest BCUT2D eigenvalue weighted by Crippen LogP contribution is -2.22. The average molecular weight is 323 g/mol. The highest BCUT2D eigenvalue weighted by Crippen LogP contribution is 2.31. The van der Waals surface area contributed by atoms with Crippen molar-refractivity contribution in [2.24, 2.45) is 7.05 Å². The van der Waals surface area contributed by atoms with Gasteiger partial charge in [0.05, 0.1) is 11.9 Å². The van der Waals surface area contributed by atoms with Crippen LogP contribution in [0.2, 0.25) is 0 Å². The molecule has 0 amide bonds. The normalized spacial score (nSPS) is 17.4. The molecule has 0 bridgehead atoms. The van der Waals surface area contributed by atoms with Gasteiger partial charge in [0, 0.05) is 44.0 Å². The van der Waals surface area contributed by atoms with Crippen LogP contribution in [0.25, 0.3) is 11.3 Å². The van der Waals surface area contributed by atoms with Gasteiger partial charge in [0.2, 0.25) is 5.95 Å². The molecule has 1 saturated heterocycles. The van der Waals surface area contributed by atoms with Crippen LogP contribution in [0, 0.1) is 5.82 Å². The molecule has 0 saturated carbocycles. The summed E-state index contributed by atoms with van der Waals surface area (Å²) >= 11 is 0. The molecule has 0 N–H and O–H groups in total. The zero-order valence-electron chi connectivity index (χ0n) is 13.4. The third kappa shape index (κ3) is 2.75. The highest BCUT2D eigenvalue weighted by atomic mass is 19.1. The van der Waals surface area contributed by atoms with Crippen LogP contribution in [-0.4, -0.2) is 32.8 Å². The number of hydrogen-bond donors (Lipinski definition) is 0. The van der Waals surface area contributed by atoms with Gasteiger partial charge in [0.25, 0.3) is 0 Å². The molecule has 1 aliphatic rings. The maximum atomic E-state index is 14.0. The van der Waals surface area contributed by atoms with Gasteiger partial charge in [0.1, 0.15) is 5.82 Å². The summed E-state index contributed by atoms with van der Waals surface area (Å²) < 4.78 is 15.8. The van der Waals surface area contributed by atoms with E-state index < -0.39 is 0 Å². The van der Waals surface area contributed by atoms with Crippen molar-refractivity contribution in [3.63, 3.8) is 0 Å². The van der Waals surface area contributed by atoms with E-state index in [1.165, 1.54) is 6.07 Å². The molecule has 4 rings (SSSR count). The Balaban J connectivity index is 1.56. The molecule has 0 unspecified atom stereocenters. The molecular weight excluding hydrogens is 305 g/mol. The van der Waals surface area contributed by atoms with Crippen LogP contribution in [0.5, 0.6) is 0 Å². The van der Waals surface area contributed by atoms with E-state index >= 15 is 0 Å². The summed E-state index contributed by atoms with van der Waals surface area (Å²) in [6.07, 6.45) is 6.39. The molecule has 1 aromatic carbocycles. The highest BCUT2D eigenvalue weighted by Gasteiger charge is 2.27. The Labute approximate surface area is 139 Å². The zero-order chi connectivity index (χ0) is 16.5. The Kier molecular flexibility index (Phi) is 3.72. The van der Waals surface area contributed by atoms with E-state index in [0.29, 0.717) is 5.95 Å². The number of benzene rings is 1. The van der Waals surface area contributed by atoms with E-state index in [1.54, 1.807) is 23.1 Å². The number of aryl methyl sites for hydroxylation is 1. The van der Waals surface area contributed by atoms with Crippen molar-refractivity contribution < 1.29 is 4.39 Å². The van der Waals surface area contributed by atoms with Gasteiger partial charge in [-0.15, -0.1) is 0 Å². The molecule has 2 aromatic heterocycles. The van der Waals surface area contributed by atoms with Crippen molar-refractivity contribution >= 4 is 5.95 Å². The fraction of sp³-hybridized carbons (Fsp3) is 0.278. The Hall–Kier alpha value is -2.76. The second kappa shape index (κ2) is 6.03. The fourth-order valence-corrected chi connectivity index (χ4v) is 3.22. The van der Waals surface area contributed by atoms with Crippen LogP contribution in [0.4, 0.5) is 10.3 Å². The molecule has 3 heterocycles. The van der Waals surface area contributed by atoms with Gasteiger partial charge in [-0.1, -0.05) is 18.2 Å². The lowest BCUT2D eigenvalue weighted by Gasteiger charge is -2.17. The fourth-order valence-electron chi connectivity index (χ4n) is 3.22. The van der Waals surface area contributed by atoms with E-state index in [0.717, 1.165) is 36.3 Å². The second-order valence-electron chi connectivity index (χ2n) is 6.10. The van der Waals surface area contributed by atoms with Crippen molar-refractivity contribution in [2.75, 3.05) is 18.0 Å². The predicted octanol–water partition coefficient (Wildman–Crippen LogP) is 3.01. The Morgan fingerprint density at radius 2 is 2.08 bits per heavy atom. The summed E-state index contributed by atoms with van der Waals surface area (Å²) in [7, 11) is 1.88. The second-order valence-corrected chi connectivity index (χ2v) is 6.10. The molecule has 0 radical (unpaired) electrons. The Morgan fingerprint density at radius 1 is 1.21 bits per heavy atom. The molecular formula is C18H18FN5. The number of aromatic nitrogens is 4. The lowest BCUT2D eigenvalue weighted by molar-refractivity contribution is 0.589. The number of rotatable bonds is 3. The quantitative estimate of drug-likeness (QED) is 0.743. The molecule has 1 aliphatic heterocycles. The van der Waals surface area contributed by atoms with E-state index in [2.05, 4.69) is 20.0 Å². The Bertz CT molecular complexity index is 860. The van der Waals surface area contributed by atoms with Crippen LogP contribution < -0.4 is 4.90 Å². The van der Waals surface area contributed by atoms with Crippen molar-refractivity contribution in [1.29, 1.82) is 0 Å². The standard InChI is InChI=1S/C18H18FN5/c1-23-11-14(10-21-23)17-6-8-20-18(22-17)24-9-7-13(12-24)15-4-2-3-5-16(15)19/h2-6,8,10-11,13H,7,9,12H2,1H3/t13-/m1/s1. The van der Waals surface area contributed by atoms with Crippen molar-refractivity contribution in [1.82, 2.24) is 19.7 Å². The van der Waals surface area contributed by atoms with Crippen molar-refractivity contribution in [2.45, 2.75) is 12.3 Å². The van der Waals surface area contributed by atoms with E-state index in [9.17, 15) is 4.39 Å². The van der Waals surface area contributed by atoms with Gasteiger partial charge in [-0.3, -0.25) is 4.68 Å². The third-order valence-electron chi connectivity index (χ3n) is 4.46. The summed E-state index contributed by atoms with van der Waals surface area (Å²) in [5, 5.41) is 4.18. The number of nitrogens with zero attached hydrogens (tertiary/aromatic N) is 5. The topological polar surface area (TPSA) is 46.8 Å². The van der Waals surface area contributed by atoms with Crippen LogP contribution in [0.15, 0.2) is 48.9 Å². The van der Waals surface area contributed by atoms with Gasteiger partial charge in [-0.25, -0.2) is 14.4 Å². The summed E-state index contributed by atoms with van der Waals surface area (Å²) in [5.74, 6) is 0.737. The van der Waals surface area contributed by atoms with Crippen LogP contribution in [-0.2, 0) is 7.05 Å². The minimum Gasteiger partial charge on any atom is -0.340 e.